The third-order valence-corrected chi connectivity index (χ3v) is 5.44. The van der Waals surface area contributed by atoms with Gasteiger partial charge in [0.15, 0.2) is 6.10 Å². The summed E-state index contributed by atoms with van der Waals surface area (Å²) in [6.45, 7) is 4.02. The Bertz CT molecular complexity index is 956. The lowest BCUT2D eigenvalue weighted by molar-refractivity contribution is -0.143. The molecule has 1 heterocycles. The summed E-state index contributed by atoms with van der Waals surface area (Å²) in [7, 11) is -3.93. The van der Waals surface area contributed by atoms with E-state index in [2.05, 4.69) is 4.40 Å². The van der Waals surface area contributed by atoms with E-state index < -0.39 is 22.1 Å². The second kappa shape index (κ2) is 8.43. The molecule has 8 heteroatoms. The molecule has 2 aromatic rings. The maximum atomic E-state index is 12.7. The molecule has 0 saturated carbocycles. The first-order chi connectivity index (χ1) is 13.3. The van der Waals surface area contributed by atoms with Gasteiger partial charge in [-0.15, -0.1) is 4.40 Å². The SMILES string of the molecule is CC(=O)OCC1CN(Cc2ccccc2)/C(=N/S(=O)(=O)c2ccc(C)cc2)O1. The highest BCUT2D eigenvalue weighted by Crippen LogP contribution is 2.20. The predicted octanol–water partition coefficient (Wildman–Crippen LogP) is 2.50. The molecule has 1 aliphatic heterocycles. The molecule has 1 unspecified atom stereocenters. The van der Waals surface area contributed by atoms with Gasteiger partial charge in [-0.3, -0.25) is 4.79 Å². The monoisotopic (exact) mass is 402 g/mol. The summed E-state index contributed by atoms with van der Waals surface area (Å²) in [6.07, 6.45) is -0.486. The van der Waals surface area contributed by atoms with Crippen molar-refractivity contribution in [2.75, 3.05) is 13.2 Å². The quantitative estimate of drug-likeness (QED) is 0.690. The van der Waals surface area contributed by atoms with Gasteiger partial charge >= 0.3 is 12.0 Å². The summed E-state index contributed by atoms with van der Waals surface area (Å²) >= 11 is 0. The lowest BCUT2D eigenvalue weighted by Gasteiger charge is -2.15. The molecule has 1 saturated heterocycles. The Hall–Kier alpha value is -2.87. The average Bonchev–Trinajstić information content (AvgIpc) is 3.02. The van der Waals surface area contributed by atoms with E-state index in [9.17, 15) is 13.2 Å². The van der Waals surface area contributed by atoms with E-state index in [1.807, 2.05) is 37.3 Å². The number of benzene rings is 2. The Labute approximate surface area is 164 Å². The normalized spacial score (nSPS) is 18.1. The van der Waals surface area contributed by atoms with Crippen LogP contribution in [0.4, 0.5) is 0 Å². The van der Waals surface area contributed by atoms with Crippen molar-refractivity contribution in [2.24, 2.45) is 4.40 Å². The number of hydrogen-bond acceptors (Lipinski definition) is 5. The molecule has 0 aliphatic carbocycles. The van der Waals surface area contributed by atoms with E-state index in [4.69, 9.17) is 9.47 Å². The summed E-state index contributed by atoms with van der Waals surface area (Å²) in [5, 5.41) is 0. The van der Waals surface area contributed by atoms with Gasteiger partial charge in [0.2, 0.25) is 0 Å². The lowest BCUT2D eigenvalue weighted by Crippen LogP contribution is -2.27. The highest BCUT2D eigenvalue weighted by molar-refractivity contribution is 7.90. The number of amidine groups is 1. The summed E-state index contributed by atoms with van der Waals surface area (Å²) < 4.78 is 40.0. The van der Waals surface area contributed by atoms with Gasteiger partial charge < -0.3 is 14.4 Å². The number of nitrogens with zero attached hydrogens (tertiary/aromatic N) is 2. The van der Waals surface area contributed by atoms with Crippen LogP contribution in [0.15, 0.2) is 63.9 Å². The topological polar surface area (TPSA) is 85.3 Å². The zero-order chi connectivity index (χ0) is 20.1. The van der Waals surface area contributed by atoms with Gasteiger partial charge in [-0.1, -0.05) is 48.0 Å². The van der Waals surface area contributed by atoms with E-state index in [1.54, 1.807) is 17.0 Å². The molecule has 0 spiro atoms. The Balaban J connectivity index is 1.86. The van der Waals surface area contributed by atoms with Gasteiger partial charge in [-0.2, -0.15) is 8.42 Å². The summed E-state index contributed by atoms with van der Waals surface area (Å²) in [5.74, 6) is -0.420. The van der Waals surface area contributed by atoms with E-state index in [0.717, 1.165) is 11.1 Å². The molecule has 1 fully saturated rings. The molecular weight excluding hydrogens is 380 g/mol. The van der Waals surface area contributed by atoms with Crippen LogP contribution in [-0.2, 0) is 30.8 Å². The minimum atomic E-state index is -3.93. The molecule has 2 aromatic carbocycles. The number of sulfonamides is 1. The summed E-state index contributed by atoms with van der Waals surface area (Å²) in [6, 6.07) is 16.1. The number of rotatable bonds is 6. The van der Waals surface area contributed by atoms with Crippen LogP contribution in [0.3, 0.4) is 0 Å². The maximum Gasteiger partial charge on any atom is 0.304 e. The largest absolute Gasteiger partial charge is 0.462 e. The molecule has 0 radical (unpaired) electrons. The highest BCUT2D eigenvalue weighted by Gasteiger charge is 2.32. The second-order valence-corrected chi connectivity index (χ2v) is 8.17. The van der Waals surface area contributed by atoms with Gasteiger partial charge in [0.05, 0.1) is 11.4 Å². The Morgan fingerprint density at radius 2 is 1.86 bits per heavy atom. The Morgan fingerprint density at radius 3 is 2.50 bits per heavy atom. The molecule has 1 aliphatic rings. The van der Waals surface area contributed by atoms with Crippen LogP contribution in [0, 0.1) is 6.92 Å². The molecule has 1 atom stereocenters. The summed E-state index contributed by atoms with van der Waals surface area (Å²) in [5.41, 5.74) is 1.94. The second-order valence-electron chi connectivity index (χ2n) is 6.57. The molecule has 7 nitrogen and oxygen atoms in total. The van der Waals surface area contributed by atoms with Crippen molar-refractivity contribution in [3.63, 3.8) is 0 Å². The van der Waals surface area contributed by atoms with Crippen LogP contribution >= 0.6 is 0 Å². The Kier molecular flexibility index (Phi) is 5.99. The predicted molar refractivity (Wildman–Crippen MR) is 104 cm³/mol. The fraction of sp³-hybridized carbons (Fsp3) is 0.300. The standard InChI is InChI=1S/C20H22N2O5S/c1-15-8-10-19(11-9-15)28(24,25)21-20-22(12-17-6-4-3-5-7-17)13-18(27-20)14-26-16(2)23/h3-11,18H,12-14H2,1-2H3/b21-20-. The number of carbonyl (C=O) groups is 1. The number of aryl methyl sites for hydroxylation is 1. The molecular formula is C20H22N2O5S. The molecule has 148 valence electrons. The smallest absolute Gasteiger partial charge is 0.304 e. The molecule has 28 heavy (non-hydrogen) atoms. The fourth-order valence-electron chi connectivity index (χ4n) is 2.76. The van der Waals surface area contributed by atoms with Crippen molar-refractivity contribution in [1.82, 2.24) is 4.90 Å². The highest BCUT2D eigenvalue weighted by atomic mass is 32.2. The van der Waals surface area contributed by atoms with Crippen molar-refractivity contribution < 1.29 is 22.7 Å². The van der Waals surface area contributed by atoms with Gasteiger partial charge in [0.1, 0.15) is 6.61 Å². The van der Waals surface area contributed by atoms with E-state index in [1.165, 1.54) is 19.1 Å². The van der Waals surface area contributed by atoms with Crippen molar-refractivity contribution in [3.05, 3.63) is 65.7 Å². The first-order valence-electron chi connectivity index (χ1n) is 8.84. The van der Waals surface area contributed by atoms with Gasteiger partial charge in [-0.25, -0.2) is 0 Å². The zero-order valence-corrected chi connectivity index (χ0v) is 16.6. The first kappa shape index (κ1) is 19.9. The molecule has 0 N–H and O–H groups in total. The van der Waals surface area contributed by atoms with Gasteiger partial charge in [0.25, 0.3) is 10.0 Å². The molecule has 0 amide bonds. The minimum absolute atomic E-state index is 0.00146. The number of hydrogen-bond donors (Lipinski definition) is 0. The van der Waals surface area contributed by atoms with E-state index >= 15 is 0 Å². The van der Waals surface area contributed by atoms with Gasteiger partial charge in [-0.05, 0) is 24.6 Å². The van der Waals surface area contributed by atoms with E-state index in [-0.39, 0.29) is 17.5 Å². The Morgan fingerprint density at radius 1 is 1.18 bits per heavy atom. The van der Waals surface area contributed by atoms with Crippen molar-refractivity contribution in [1.29, 1.82) is 0 Å². The molecule has 3 rings (SSSR count). The van der Waals surface area contributed by atoms with Crippen molar-refractivity contribution in [2.45, 2.75) is 31.4 Å². The van der Waals surface area contributed by atoms with Crippen LogP contribution in [-0.4, -0.2) is 44.6 Å². The zero-order valence-electron chi connectivity index (χ0n) is 15.7. The van der Waals surface area contributed by atoms with Crippen LogP contribution in [0.5, 0.6) is 0 Å². The van der Waals surface area contributed by atoms with E-state index in [0.29, 0.717) is 13.1 Å². The fourth-order valence-corrected chi connectivity index (χ4v) is 3.71. The van der Waals surface area contributed by atoms with Crippen LogP contribution < -0.4 is 0 Å². The minimum Gasteiger partial charge on any atom is -0.462 e. The van der Waals surface area contributed by atoms with Crippen molar-refractivity contribution >= 4 is 22.0 Å². The third-order valence-electron chi connectivity index (χ3n) is 4.17. The van der Waals surface area contributed by atoms with Crippen LogP contribution in [0.1, 0.15) is 18.1 Å². The summed E-state index contributed by atoms with van der Waals surface area (Å²) in [4.78, 5) is 12.9. The number of carbonyl (C=O) groups excluding carboxylic acids is 1. The maximum absolute atomic E-state index is 12.7. The number of esters is 1. The van der Waals surface area contributed by atoms with Crippen LogP contribution in [0.25, 0.3) is 0 Å². The third kappa shape index (κ3) is 5.10. The first-order valence-corrected chi connectivity index (χ1v) is 10.3. The van der Waals surface area contributed by atoms with Gasteiger partial charge in [0, 0.05) is 13.5 Å². The molecule has 0 aromatic heterocycles. The molecule has 0 bridgehead atoms. The number of ether oxygens (including phenoxy) is 2. The van der Waals surface area contributed by atoms with Crippen molar-refractivity contribution in [3.8, 4) is 0 Å². The van der Waals surface area contributed by atoms with Crippen LogP contribution in [0.2, 0.25) is 0 Å². The average molecular weight is 402 g/mol. The lowest BCUT2D eigenvalue weighted by atomic mass is 10.2.